The molecule has 0 fully saturated rings. The molecule has 5 amide bonds. The summed E-state index contributed by atoms with van der Waals surface area (Å²) in [6, 6.07) is 26.5. The quantitative estimate of drug-likeness (QED) is 0.159. The Kier molecular flexibility index (Phi) is 12.9. The molecule has 4 N–H and O–H groups in total. The zero-order valence-corrected chi connectivity index (χ0v) is 29.8. The number of nitrogens with zero attached hydrogens (tertiary/aromatic N) is 2. The Bertz CT molecular complexity index is 1780. The normalized spacial score (nSPS) is 19.2. The van der Waals surface area contributed by atoms with Crippen molar-refractivity contribution in [3.8, 4) is 5.75 Å². The van der Waals surface area contributed by atoms with E-state index in [0.717, 1.165) is 35.7 Å². The lowest BCUT2D eigenvalue weighted by atomic mass is 10.0. The van der Waals surface area contributed by atoms with E-state index < -0.39 is 18.2 Å². The van der Waals surface area contributed by atoms with Crippen molar-refractivity contribution in [2.75, 3.05) is 49.3 Å². The van der Waals surface area contributed by atoms with Gasteiger partial charge in [-0.25, -0.2) is 9.59 Å². The Morgan fingerprint density at radius 3 is 2.43 bits per heavy atom. The molecule has 11 heteroatoms. The van der Waals surface area contributed by atoms with Crippen LogP contribution in [0.4, 0.5) is 26.7 Å². The maximum absolute atomic E-state index is 14.4. The number of amides is 5. The standard InChI is InChI=1S/C40H49N5O6/c1-27-24-45(28(2)26-46)38(47)34-23-32(42-39(48)41-31-16-6-5-7-17-31)20-21-36(34)51-29(3)13-10-11-22-50-37(27)25-44(4)40(49)43-35-19-12-15-30-14-8-9-18-33(30)35/h5-9,12,14-21,23,27-29,37,46H,10-11,13,22,24-26H2,1-4H3,(H,43,49)(H2,41,42,48)/t27-,28+,29+,37-/m1/s1. The number of urea groups is 2. The number of carbonyl (C=O) groups excluding carboxylic acids is 3. The number of ether oxygens (including phenoxy) is 2. The Morgan fingerprint density at radius 1 is 0.922 bits per heavy atom. The van der Waals surface area contributed by atoms with Gasteiger partial charge in [0, 0.05) is 49.4 Å². The van der Waals surface area contributed by atoms with Crippen molar-refractivity contribution in [2.24, 2.45) is 5.92 Å². The highest BCUT2D eigenvalue weighted by molar-refractivity contribution is 6.03. The lowest BCUT2D eigenvalue weighted by Gasteiger charge is -2.35. The van der Waals surface area contributed by atoms with Crippen molar-refractivity contribution in [1.29, 1.82) is 0 Å². The molecule has 5 rings (SSSR count). The summed E-state index contributed by atoms with van der Waals surface area (Å²) in [6.45, 7) is 6.48. The van der Waals surface area contributed by atoms with Gasteiger partial charge < -0.3 is 40.3 Å². The molecule has 0 spiro atoms. The number of hydrogen-bond acceptors (Lipinski definition) is 6. The molecule has 0 aliphatic carbocycles. The summed E-state index contributed by atoms with van der Waals surface area (Å²) in [7, 11) is 1.74. The van der Waals surface area contributed by atoms with Crippen LogP contribution in [0, 0.1) is 5.92 Å². The summed E-state index contributed by atoms with van der Waals surface area (Å²) >= 11 is 0. The van der Waals surface area contributed by atoms with E-state index >= 15 is 0 Å². The monoisotopic (exact) mass is 695 g/mol. The summed E-state index contributed by atoms with van der Waals surface area (Å²) in [6.07, 6.45) is 1.78. The fourth-order valence-corrected chi connectivity index (χ4v) is 6.18. The highest BCUT2D eigenvalue weighted by Gasteiger charge is 2.31. The van der Waals surface area contributed by atoms with E-state index in [1.165, 1.54) is 0 Å². The first kappa shape index (κ1) is 37.1. The highest BCUT2D eigenvalue weighted by Crippen LogP contribution is 2.29. The number of rotatable bonds is 7. The Hall–Kier alpha value is -5.13. The van der Waals surface area contributed by atoms with Gasteiger partial charge in [0.05, 0.1) is 36.1 Å². The first-order valence-corrected chi connectivity index (χ1v) is 17.6. The molecule has 1 heterocycles. The van der Waals surface area contributed by atoms with Crippen LogP contribution in [0.5, 0.6) is 5.75 Å². The minimum Gasteiger partial charge on any atom is -0.490 e. The topological polar surface area (TPSA) is 132 Å². The number of benzene rings is 4. The van der Waals surface area contributed by atoms with Crippen LogP contribution in [0.2, 0.25) is 0 Å². The molecule has 270 valence electrons. The largest absolute Gasteiger partial charge is 0.490 e. The predicted octanol–water partition coefficient (Wildman–Crippen LogP) is 7.44. The van der Waals surface area contributed by atoms with Crippen LogP contribution in [0.1, 0.15) is 50.4 Å². The number of hydrogen-bond donors (Lipinski definition) is 4. The molecular weight excluding hydrogens is 646 g/mol. The predicted molar refractivity (Wildman–Crippen MR) is 202 cm³/mol. The van der Waals surface area contributed by atoms with Crippen LogP contribution >= 0.6 is 0 Å². The van der Waals surface area contributed by atoms with Crippen molar-refractivity contribution in [2.45, 2.75) is 58.3 Å². The van der Waals surface area contributed by atoms with E-state index in [0.29, 0.717) is 23.7 Å². The van der Waals surface area contributed by atoms with Crippen LogP contribution < -0.4 is 20.7 Å². The molecule has 4 aromatic carbocycles. The Balaban J connectivity index is 1.37. The lowest BCUT2D eigenvalue weighted by molar-refractivity contribution is -0.0115. The zero-order valence-electron chi connectivity index (χ0n) is 29.8. The van der Waals surface area contributed by atoms with Crippen LogP contribution in [0.3, 0.4) is 0 Å². The summed E-state index contributed by atoms with van der Waals surface area (Å²) in [5.74, 6) is -0.172. The molecule has 0 bridgehead atoms. The Morgan fingerprint density at radius 2 is 1.65 bits per heavy atom. The second kappa shape index (κ2) is 17.7. The van der Waals surface area contributed by atoms with Gasteiger partial charge in [-0.1, -0.05) is 61.5 Å². The van der Waals surface area contributed by atoms with Crippen molar-refractivity contribution < 1.29 is 29.0 Å². The number of carbonyl (C=O) groups is 3. The van der Waals surface area contributed by atoms with Crippen LogP contribution in [0.25, 0.3) is 10.8 Å². The molecule has 51 heavy (non-hydrogen) atoms. The maximum atomic E-state index is 14.4. The number of fused-ring (bicyclic) bond motifs is 2. The molecule has 0 saturated heterocycles. The molecule has 1 aliphatic rings. The number of likely N-dealkylation sites (N-methyl/N-ethyl adjacent to an activating group) is 1. The first-order chi connectivity index (χ1) is 24.6. The number of nitrogens with one attached hydrogen (secondary N) is 3. The first-order valence-electron chi connectivity index (χ1n) is 17.6. The average Bonchev–Trinajstić information content (AvgIpc) is 3.13. The minimum absolute atomic E-state index is 0.193. The summed E-state index contributed by atoms with van der Waals surface area (Å²) in [5, 5.41) is 20.9. The number of anilines is 3. The van der Waals surface area contributed by atoms with E-state index in [-0.39, 0.29) is 49.2 Å². The van der Waals surface area contributed by atoms with Gasteiger partial charge in [0.25, 0.3) is 5.91 Å². The van der Waals surface area contributed by atoms with E-state index in [4.69, 9.17) is 9.47 Å². The molecule has 0 radical (unpaired) electrons. The van der Waals surface area contributed by atoms with Crippen molar-refractivity contribution in [3.05, 3.63) is 96.6 Å². The molecule has 0 saturated carbocycles. The SMILES string of the molecule is C[C@@H]1CN([C@@H](C)CO)C(=O)c2cc(NC(=O)Nc3ccccc3)ccc2O[C@@H](C)CCCCO[C@@H]1CN(C)C(=O)Nc1cccc2ccccc12. The van der Waals surface area contributed by atoms with E-state index in [1.54, 1.807) is 54.1 Å². The summed E-state index contributed by atoms with van der Waals surface area (Å²) < 4.78 is 12.7. The molecule has 0 unspecified atom stereocenters. The highest BCUT2D eigenvalue weighted by atomic mass is 16.5. The van der Waals surface area contributed by atoms with Crippen molar-refractivity contribution >= 4 is 45.8 Å². The van der Waals surface area contributed by atoms with Gasteiger partial charge >= 0.3 is 12.1 Å². The van der Waals surface area contributed by atoms with Gasteiger partial charge in [0.15, 0.2) is 0 Å². The van der Waals surface area contributed by atoms with E-state index in [9.17, 15) is 19.5 Å². The third-order valence-corrected chi connectivity index (χ3v) is 9.17. The Labute approximate surface area is 299 Å². The number of aliphatic hydroxyl groups is 1. The van der Waals surface area contributed by atoms with E-state index in [1.807, 2.05) is 74.5 Å². The second-order valence-corrected chi connectivity index (χ2v) is 13.3. The van der Waals surface area contributed by atoms with Gasteiger partial charge in [0.2, 0.25) is 0 Å². The van der Waals surface area contributed by atoms with Crippen LogP contribution in [-0.2, 0) is 4.74 Å². The maximum Gasteiger partial charge on any atom is 0.323 e. The van der Waals surface area contributed by atoms with Gasteiger partial charge in [-0.3, -0.25) is 4.79 Å². The second-order valence-electron chi connectivity index (χ2n) is 13.3. The number of aliphatic hydroxyl groups excluding tert-OH is 1. The van der Waals surface area contributed by atoms with Crippen LogP contribution in [0.15, 0.2) is 91.0 Å². The van der Waals surface area contributed by atoms with Gasteiger partial charge in [-0.15, -0.1) is 0 Å². The van der Waals surface area contributed by atoms with Crippen molar-refractivity contribution in [1.82, 2.24) is 9.80 Å². The van der Waals surface area contributed by atoms with Gasteiger partial charge in [-0.05, 0) is 74.9 Å². The molecule has 11 nitrogen and oxygen atoms in total. The number of para-hydroxylation sites is 1. The van der Waals surface area contributed by atoms with Gasteiger partial charge in [-0.2, -0.15) is 0 Å². The summed E-state index contributed by atoms with van der Waals surface area (Å²) in [4.78, 5) is 43.9. The van der Waals surface area contributed by atoms with Gasteiger partial charge in [0.1, 0.15) is 5.75 Å². The smallest absolute Gasteiger partial charge is 0.323 e. The third kappa shape index (κ3) is 9.99. The fourth-order valence-electron chi connectivity index (χ4n) is 6.18. The molecule has 1 aliphatic heterocycles. The molecule has 0 aromatic heterocycles. The van der Waals surface area contributed by atoms with Crippen LogP contribution in [-0.4, -0.2) is 84.5 Å². The summed E-state index contributed by atoms with van der Waals surface area (Å²) in [5.41, 5.74) is 2.04. The molecule has 4 aromatic rings. The fraction of sp³-hybridized carbons (Fsp3) is 0.375. The van der Waals surface area contributed by atoms with Crippen molar-refractivity contribution in [3.63, 3.8) is 0 Å². The van der Waals surface area contributed by atoms with E-state index in [2.05, 4.69) is 16.0 Å². The molecular formula is C40H49N5O6. The molecule has 4 atom stereocenters. The average molecular weight is 696 g/mol. The minimum atomic E-state index is -0.538. The zero-order chi connectivity index (χ0) is 36.3. The third-order valence-electron chi connectivity index (χ3n) is 9.17. The lowest BCUT2D eigenvalue weighted by Crippen LogP contribution is -2.48.